The highest BCUT2D eigenvalue weighted by Gasteiger charge is 2.26. The number of hydrogen-bond acceptors (Lipinski definition) is 4. The average Bonchev–Trinajstić information content (AvgIpc) is 2.48. The van der Waals surface area contributed by atoms with Gasteiger partial charge in [0.05, 0.1) is 11.5 Å². The van der Waals surface area contributed by atoms with Gasteiger partial charge in [0.2, 0.25) is 0 Å². The van der Waals surface area contributed by atoms with Crippen LogP contribution in [0.4, 0.5) is 5.69 Å². The maximum Gasteiger partial charge on any atom is 0.272 e. The third-order valence-electron chi connectivity index (χ3n) is 4.23. The van der Waals surface area contributed by atoms with Crippen LogP contribution in [0.2, 0.25) is 0 Å². The highest BCUT2D eigenvalue weighted by molar-refractivity contribution is 5.44. The molecule has 1 aromatic carbocycles. The maximum absolute atomic E-state index is 11.0. The number of nitrogens with zero attached hydrogens (tertiary/aromatic N) is 1. The summed E-state index contributed by atoms with van der Waals surface area (Å²) in [6, 6.07) is 5.78. The zero-order chi connectivity index (χ0) is 15.2. The fraction of sp³-hybridized carbons (Fsp3) is 0.625. The highest BCUT2D eigenvalue weighted by Crippen LogP contribution is 2.26. The molecule has 0 saturated carbocycles. The monoisotopic (exact) mass is 292 g/mol. The number of ether oxygens (including phenoxy) is 1. The summed E-state index contributed by atoms with van der Waals surface area (Å²) in [5.41, 5.74) is 2.05. The van der Waals surface area contributed by atoms with Crippen molar-refractivity contribution < 1.29 is 9.66 Å². The van der Waals surface area contributed by atoms with Crippen LogP contribution in [0.25, 0.3) is 0 Å². The molecular weight excluding hydrogens is 268 g/mol. The predicted octanol–water partition coefficient (Wildman–Crippen LogP) is 2.85. The van der Waals surface area contributed by atoms with Gasteiger partial charge in [-0.1, -0.05) is 19.1 Å². The molecule has 0 aromatic heterocycles. The SMILES string of the molecule is CCCNC1CCOCC1Cc1cccc([N+](=O)[O-])c1C. The van der Waals surface area contributed by atoms with E-state index in [1.54, 1.807) is 12.1 Å². The average molecular weight is 292 g/mol. The van der Waals surface area contributed by atoms with Crippen LogP contribution in [0, 0.1) is 23.0 Å². The van der Waals surface area contributed by atoms with E-state index in [1.165, 1.54) is 0 Å². The first kappa shape index (κ1) is 15.9. The lowest BCUT2D eigenvalue weighted by Gasteiger charge is -2.32. The quantitative estimate of drug-likeness (QED) is 0.647. The van der Waals surface area contributed by atoms with Crippen LogP contribution in [0.1, 0.15) is 30.9 Å². The molecule has 2 atom stereocenters. The van der Waals surface area contributed by atoms with Crippen molar-refractivity contribution in [2.75, 3.05) is 19.8 Å². The van der Waals surface area contributed by atoms with E-state index in [1.807, 2.05) is 13.0 Å². The zero-order valence-electron chi connectivity index (χ0n) is 12.8. The summed E-state index contributed by atoms with van der Waals surface area (Å²) in [6.07, 6.45) is 2.95. The molecule has 1 N–H and O–H groups in total. The summed E-state index contributed by atoms with van der Waals surface area (Å²) in [7, 11) is 0. The summed E-state index contributed by atoms with van der Waals surface area (Å²) >= 11 is 0. The first-order valence-electron chi connectivity index (χ1n) is 7.67. The van der Waals surface area contributed by atoms with Crippen molar-refractivity contribution in [3.8, 4) is 0 Å². The minimum absolute atomic E-state index is 0.210. The van der Waals surface area contributed by atoms with Crippen LogP contribution in [-0.4, -0.2) is 30.7 Å². The lowest BCUT2D eigenvalue weighted by atomic mass is 9.87. The second-order valence-corrected chi connectivity index (χ2v) is 5.71. The van der Waals surface area contributed by atoms with Crippen LogP contribution in [0.15, 0.2) is 18.2 Å². The molecule has 2 unspecified atom stereocenters. The Labute approximate surface area is 125 Å². The Morgan fingerprint density at radius 1 is 1.48 bits per heavy atom. The lowest BCUT2D eigenvalue weighted by molar-refractivity contribution is -0.385. The van der Waals surface area contributed by atoms with Crippen LogP contribution >= 0.6 is 0 Å². The molecule has 0 spiro atoms. The van der Waals surface area contributed by atoms with Crippen LogP contribution in [-0.2, 0) is 11.2 Å². The standard InChI is InChI=1S/C16H24N2O3/c1-3-8-17-15-7-9-21-11-14(15)10-13-5-4-6-16(12(13)2)18(19)20/h4-6,14-15,17H,3,7-11H2,1-2H3. The van der Waals surface area contributed by atoms with Crippen molar-refractivity contribution >= 4 is 5.69 Å². The Balaban J connectivity index is 2.11. The van der Waals surface area contributed by atoms with Crippen molar-refractivity contribution in [2.45, 2.75) is 39.2 Å². The molecule has 116 valence electrons. The van der Waals surface area contributed by atoms with E-state index >= 15 is 0 Å². The van der Waals surface area contributed by atoms with Crippen molar-refractivity contribution in [3.05, 3.63) is 39.4 Å². The smallest absolute Gasteiger partial charge is 0.272 e. The van der Waals surface area contributed by atoms with Gasteiger partial charge >= 0.3 is 0 Å². The van der Waals surface area contributed by atoms with Crippen molar-refractivity contribution in [1.29, 1.82) is 0 Å². The van der Waals surface area contributed by atoms with Gasteiger partial charge in [0.25, 0.3) is 5.69 Å². The third-order valence-corrected chi connectivity index (χ3v) is 4.23. The van der Waals surface area contributed by atoms with E-state index in [0.717, 1.165) is 50.1 Å². The summed E-state index contributed by atoms with van der Waals surface area (Å²) in [5.74, 6) is 0.381. The van der Waals surface area contributed by atoms with Crippen LogP contribution in [0.3, 0.4) is 0 Å². The second-order valence-electron chi connectivity index (χ2n) is 5.71. The number of nitro groups is 1. The molecule has 0 radical (unpaired) electrons. The molecule has 1 aliphatic heterocycles. The van der Waals surface area contributed by atoms with Gasteiger partial charge in [-0.3, -0.25) is 10.1 Å². The maximum atomic E-state index is 11.0. The van der Waals surface area contributed by atoms with Crippen molar-refractivity contribution in [1.82, 2.24) is 5.32 Å². The van der Waals surface area contributed by atoms with Crippen LogP contribution < -0.4 is 5.32 Å². The molecule has 0 amide bonds. The van der Waals surface area contributed by atoms with Gasteiger partial charge in [-0.25, -0.2) is 0 Å². The van der Waals surface area contributed by atoms with Gasteiger partial charge in [0, 0.05) is 30.2 Å². The molecule has 0 bridgehead atoms. The molecule has 1 heterocycles. The number of rotatable bonds is 6. The molecule has 0 aliphatic carbocycles. The number of hydrogen-bond donors (Lipinski definition) is 1. The molecular formula is C16H24N2O3. The Morgan fingerprint density at radius 2 is 2.29 bits per heavy atom. The molecule has 21 heavy (non-hydrogen) atoms. The summed E-state index contributed by atoms with van der Waals surface area (Å²) in [4.78, 5) is 10.7. The summed E-state index contributed by atoms with van der Waals surface area (Å²) in [6.45, 7) is 6.53. The van der Waals surface area contributed by atoms with Crippen molar-refractivity contribution in [3.63, 3.8) is 0 Å². The largest absolute Gasteiger partial charge is 0.381 e. The van der Waals surface area contributed by atoms with Gasteiger partial charge < -0.3 is 10.1 Å². The van der Waals surface area contributed by atoms with E-state index in [2.05, 4.69) is 12.2 Å². The lowest BCUT2D eigenvalue weighted by Crippen LogP contribution is -2.44. The molecule has 2 rings (SSSR count). The second kappa shape index (κ2) is 7.52. The van der Waals surface area contributed by atoms with Gasteiger partial charge in [-0.05, 0) is 38.3 Å². The van der Waals surface area contributed by atoms with E-state index in [0.29, 0.717) is 12.0 Å². The molecule has 1 fully saturated rings. The molecule has 1 saturated heterocycles. The van der Waals surface area contributed by atoms with Gasteiger partial charge in [0.15, 0.2) is 0 Å². The predicted molar refractivity (Wildman–Crippen MR) is 82.5 cm³/mol. The normalized spacial score (nSPS) is 22.2. The van der Waals surface area contributed by atoms with E-state index in [4.69, 9.17) is 4.74 Å². The Morgan fingerprint density at radius 3 is 3.00 bits per heavy atom. The fourth-order valence-corrected chi connectivity index (χ4v) is 2.97. The van der Waals surface area contributed by atoms with Gasteiger partial charge in [-0.2, -0.15) is 0 Å². The Hall–Kier alpha value is -1.46. The summed E-state index contributed by atoms with van der Waals surface area (Å²) < 4.78 is 5.61. The van der Waals surface area contributed by atoms with Crippen LogP contribution in [0.5, 0.6) is 0 Å². The number of nitrogens with one attached hydrogen (secondary N) is 1. The highest BCUT2D eigenvalue weighted by atomic mass is 16.6. The number of nitro benzene ring substituents is 1. The zero-order valence-corrected chi connectivity index (χ0v) is 12.8. The summed E-state index contributed by atoms with van der Waals surface area (Å²) in [5, 5.41) is 14.6. The van der Waals surface area contributed by atoms with Gasteiger partial charge in [0.1, 0.15) is 0 Å². The first-order chi connectivity index (χ1) is 10.1. The topological polar surface area (TPSA) is 64.4 Å². The van der Waals surface area contributed by atoms with Gasteiger partial charge in [-0.15, -0.1) is 0 Å². The molecule has 1 aliphatic rings. The minimum Gasteiger partial charge on any atom is -0.381 e. The molecule has 5 nitrogen and oxygen atoms in total. The number of benzene rings is 1. The van der Waals surface area contributed by atoms with Crippen molar-refractivity contribution in [2.24, 2.45) is 5.92 Å². The third kappa shape index (κ3) is 4.02. The van der Waals surface area contributed by atoms with E-state index in [-0.39, 0.29) is 10.6 Å². The Bertz CT molecular complexity index is 490. The minimum atomic E-state index is -0.303. The molecule has 5 heteroatoms. The fourth-order valence-electron chi connectivity index (χ4n) is 2.97. The molecule has 1 aromatic rings. The van der Waals surface area contributed by atoms with E-state index < -0.39 is 0 Å². The Kier molecular flexibility index (Phi) is 5.70. The first-order valence-corrected chi connectivity index (χ1v) is 7.67. The van der Waals surface area contributed by atoms with E-state index in [9.17, 15) is 10.1 Å².